The third kappa shape index (κ3) is 6.03. The Morgan fingerprint density at radius 2 is 1.64 bits per heavy atom. The van der Waals surface area contributed by atoms with Crippen molar-refractivity contribution in [3.8, 4) is 5.75 Å². The van der Waals surface area contributed by atoms with E-state index in [1.807, 2.05) is 78.2 Å². The number of hydrogen-bond acceptors (Lipinski definition) is 5. The van der Waals surface area contributed by atoms with Crippen molar-refractivity contribution in [1.29, 1.82) is 0 Å². The molecule has 2 N–H and O–H groups in total. The second-order valence-corrected chi connectivity index (χ2v) is 9.21. The summed E-state index contributed by atoms with van der Waals surface area (Å²) in [7, 11) is 1.60. The lowest BCUT2D eigenvalue weighted by atomic mass is 10.1. The van der Waals surface area contributed by atoms with Gasteiger partial charge in [-0.05, 0) is 59.5 Å². The van der Waals surface area contributed by atoms with Crippen LogP contribution in [0.5, 0.6) is 5.75 Å². The summed E-state index contributed by atoms with van der Waals surface area (Å²) in [5, 5.41) is 7.31. The first-order chi connectivity index (χ1) is 16.1. The molecule has 1 unspecified atom stereocenters. The average molecular weight is 475 g/mol. The predicted molar refractivity (Wildman–Crippen MR) is 135 cm³/mol. The number of carbonyl (C=O) groups is 2. The zero-order chi connectivity index (χ0) is 23.0. The van der Waals surface area contributed by atoms with Crippen LogP contribution in [0, 0.1) is 0 Å². The first-order valence-corrected chi connectivity index (χ1v) is 12.0. The van der Waals surface area contributed by atoms with E-state index in [4.69, 9.17) is 4.74 Å². The molecule has 0 radical (unpaired) electrons. The maximum absolute atomic E-state index is 13.3. The zero-order valence-corrected chi connectivity index (χ0v) is 19.5. The van der Waals surface area contributed by atoms with E-state index >= 15 is 0 Å². The molecule has 3 aromatic carbocycles. The fraction of sp³-hybridized carbons (Fsp3) is 0.0769. The van der Waals surface area contributed by atoms with Gasteiger partial charge in [-0.1, -0.05) is 42.5 Å². The van der Waals surface area contributed by atoms with Crippen LogP contribution >= 0.6 is 23.1 Å². The minimum Gasteiger partial charge on any atom is -0.497 e. The van der Waals surface area contributed by atoms with Crippen molar-refractivity contribution in [3.63, 3.8) is 0 Å². The minimum atomic E-state index is -0.475. The van der Waals surface area contributed by atoms with E-state index in [2.05, 4.69) is 10.6 Å². The van der Waals surface area contributed by atoms with Gasteiger partial charge in [0.2, 0.25) is 5.91 Å². The fourth-order valence-electron chi connectivity index (χ4n) is 3.17. The normalized spacial score (nSPS) is 11.4. The van der Waals surface area contributed by atoms with Crippen molar-refractivity contribution in [1.82, 2.24) is 0 Å². The molecule has 4 rings (SSSR count). The molecular formula is C26H22N2O3S2. The van der Waals surface area contributed by atoms with E-state index in [1.54, 1.807) is 25.3 Å². The molecule has 0 aliphatic rings. The molecule has 5 nitrogen and oxygen atoms in total. The molecule has 166 valence electrons. The summed E-state index contributed by atoms with van der Waals surface area (Å²) in [4.78, 5) is 27.2. The Bertz CT molecular complexity index is 1210. The lowest BCUT2D eigenvalue weighted by molar-refractivity contribution is -0.115. The SMILES string of the molecule is COc1ccc(NC(=O)C(Sc2cccc(NC(=O)c3cccs3)c2)c2ccccc2)cc1. The molecule has 0 bridgehead atoms. The molecule has 33 heavy (non-hydrogen) atoms. The van der Waals surface area contributed by atoms with Gasteiger partial charge in [-0.15, -0.1) is 23.1 Å². The number of benzene rings is 3. The second kappa shape index (κ2) is 10.8. The summed E-state index contributed by atoms with van der Waals surface area (Å²) in [6.45, 7) is 0. The van der Waals surface area contributed by atoms with Gasteiger partial charge in [-0.25, -0.2) is 0 Å². The molecular weight excluding hydrogens is 452 g/mol. The van der Waals surface area contributed by atoms with Gasteiger partial charge in [0, 0.05) is 16.3 Å². The first-order valence-electron chi connectivity index (χ1n) is 10.2. The molecule has 0 aliphatic heterocycles. The molecule has 0 spiro atoms. The highest BCUT2D eigenvalue weighted by molar-refractivity contribution is 8.00. The van der Waals surface area contributed by atoms with Gasteiger partial charge >= 0.3 is 0 Å². The van der Waals surface area contributed by atoms with Crippen molar-refractivity contribution < 1.29 is 14.3 Å². The number of methoxy groups -OCH3 is 1. The summed E-state index contributed by atoms with van der Waals surface area (Å²) in [6.07, 6.45) is 0. The lowest BCUT2D eigenvalue weighted by Crippen LogP contribution is -2.19. The van der Waals surface area contributed by atoms with Crippen LogP contribution < -0.4 is 15.4 Å². The van der Waals surface area contributed by atoms with Crippen molar-refractivity contribution in [2.24, 2.45) is 0 Å². The average Bonchev–Trinajstić information content (AvgIpc) is 3.39. The molecule has 0 fully saturated rings. The van der Waals surface area contributed by atoms with Crippen LogP contribution in [0.15, 0.2) is 101 Å². The van der Waals surface area contributed by atoms with Crippen LogP contribution in [-0.4, -0.2) is 18.9 Å². The number of hydrogen-bond donors (Lipinski definition) is 2. The van der Waals surface area contributed by atoms with Crippen molar-refractivity contribution in [2.75, 3.05) is 17.7 Å². The molecule has 7 heteroatoms. The van der Waals surface area contributed by atoms with Crippen molar-refractivity contribution >= 4 is 46.3 Å². The number of nitrogens with one attached hydrogen (secondary N) is 2. The lowest BCUT2D eigenvalue weighted by Gasteiger charge is -2.18. The van der Waals surface area contributed by atoms with E-state index in [0.717, 1.165) is 16.2 Å². The summed E-state index contributed by atoms with van der Waals surface area (Å²) >= 11 is 2.82. The number of thioether (sulfide) groups is 1. The van der Waals surface area contributed by atoms with Crippen LogP contribution in [-0.2, 0) is 4.79 Å². The zero-order valence-electron chi connectivity index (χ0n) is 17.9. The largest absolute Gasteiger partial charge is 0.497 e. The minimum absolute atomic E-state index is 0.135. The van der Waals surface area contributed by atoms with Gasteiger partial charge in [-0.2, -0.15) is 0 Å². The monoisotopic (exact) mass is 474 g/mol. The first kappa shape index (κ1) is 22.6. The smallest absolute Gasteiger partial charge is 0.265 e. The highest BCUT2D eigenvalue weighted by Gasteiger charge is 2.22. The van der Waals surface area contributed by atoms with E-state index in [-0.39, 0.29) is 11.8 Å². The Kier molecular flexibility index (Phi) is 7.44. The summed E-state index contributed by atoms with van der Waals surface area (Å²) < 4.78 is 5.19. The van der Waals surface area contributed by atoms with Crippen LogP contribution in [0.25, 0.3) is 0 Å². The van der Waals surface area contributed by atoms with Crippen LogP contribution in [0.2, 0.25) is 0 Å². The number of rotatable bonds is 8. The van der Waals surface area contributed by atoms with E-state index in [0.29, 0.717) is 16.3 Å². The Labute approximate surface area is 200 Å². The fourth-order valence-corrected chi connectivity index (χ4v) is 4.87. The predicted octanol–water partition coefficient (Wildman–Crippen LogP) is 6.48. The van der Waals surface area contributed by atoms with Gasteiger partial charge in [0.15, 0.2) is 0 Å². The summed E-state index contributed by atoms with van der Waals surface area (Å²) in [5.41, 5.74) is 2.27. The van der Waals surface area contributed by atoms with Crippen molar-refractivity contribution in [3.05, 3.63) is 107 Å². The molecule has 0 saturated carbocycles. The Balaban J connectivity index is 1.53. The van der Waals surface area contributed by atoms with Gasteiger partial charge in [0.05, 0.1) is 12.0 Å². The molecule has 0 aliphatic carbocycles. The quantitative estimate of drug-likeness (QED) is 0.287. The number of amides is 2. The van der Waals surface area contributed by atoms with Crippen LogP contribution in [0.3, 0.4) is 0 Å². The molecule has 0 saturated heterocycles. The van der Waals surface area contributed by atoms with Gasteiger partial charge in [0.1, 0.15) is 11.0 Å². The number of thiophene rings is 1. The Morgan fingerprint density at radius 1 is 0.848 bits per heavy atom. The second-order valence-electron chi connectivity index (χ2n) is 7.09. The Hall–Kier alpha value is -3.55. The summed E-state index contributed by atoms with van der Waals surface area (Å²) in [5.74, 6) is 0.441. The van der Waals surface area contributed by atoms with Crippen LogP contribution in [0.1, 0.15) is 20.5 Å². The number of carbonyl (C=O) groups excluding carboxylic acids is 2. The van der Waals surface area contributed by atoms with Gasteiger partial charge in [-0.3, -0.25) is 9.59 Å². The third-order valence-electron chi connectivity index (χ3n) is 4.79. The molecule has 1 aromatic heterocycles. The number of anilines is 2. The molecule has 1 heterocycles. The molecule has 1 atom stereocenters. The topological polar surface area (TPSA) is 67.4 Å². The number of ether oxygens (including phenoxy) is 1. The highest BCUT2D eigenvalue weighted by atomic mass is 32.2. The van der Waals surface area contributed by atoms with E-state index in [1.165, 1.54) is 23.1 Å². The van der Waals surface area contributed by atoms with Gasteiger partial charge < -0.3 is 15.4 Å². The van der Waals surface area contributed by atoms with Crippen molar-refractivity contribution in [2.45, 2.75) is 10.1 Å². The summed E-state index contributed by atoms with van der Waals surface area (Å²) in [6, 6.07) is 28.0. The maximum atomic E-state index is 13.3. The third-order valence-corrected chi connectivity index (χ3v) is 6.91. The highest BCUT2D eigenvalue weighted by Crippen LogP contribution is 2.37. The standard InChI is InChI=1S/C26H22N2O3S2/c1-31-21-14-12-19(13-15-21)27-26(30)24(18-7-3-2-4-8-18)33-22-10-5-9-20(17-22)28-25(29)23-11-6-16-32-23/h2-17,24H,1H3,(H,27,30)(H,28,29). The van der Waals surface area contributed by atoms with E-state index < -0.39 is 5.25 Å². The molecule has 2 amide bonds. The van der Waals surface area contributed by atoms with Gasteiger partial charge in [0.25, 0.3) is 5.91 Å². The van der Waals surface area contributed by atoms with Crippen LogP contribution in [0.4, 0.5) is 11.4 Å². The van der Waals surface area contributed by atoms with E-state index in [9.17, 15) is 9.59 Å². The Morgan fingerprint density at radius 3 is 2.33 bits per heavy atom. The molecule has 4 aromatic rings. The maximum Gasteiger partial charge on any atom is 0.265 e.